The van der Waals surface area contributed by atoms with Crippen LogP contribution < -0.4 is 10.1 Å². The maximum Gasteiger partial charge on any atom is 0.244 e. The Morgan fingerprint density at radius 3 is 2.68 bits per heavy atom. The van der Waals surface area contributed by atoms with Crippen molar-refractivity contribution in [3.8, 4) is 5.88 Å². The van der Waals surface area contributed by atoms with Gasteiger partial charge in [0, 0.05) is 24.1 Å². The number of allylic oxidation sites excluding steroid dienone is 3. The highest BCUT2D eigenvalue weighted by atomic mass is 16.5. The number of unbranched alkanes of at least 4 members (excludes halogenated alkanes) is 5. The molecule has 0 bridgehead atoms. The quantitative estimate of drug-likeness (QED) is 0.227. The van der Waals surface area contributed by atoms with Gasteiger partial charge in [0.15, 0.2) is 0 Å². The van der Waals surface area contributed by atoms with Gasteiger partial charge in [-0.1, -0.05) is 63.5 Å². The minimum absolute atomic E-state index is 0.00730. The molecule has 0 saturated carbocycles. The van der Waals surface area contributed by atoms with Crippen LogP contribution in [0.1, 0.15) is 64.9 Å². The van der Waals surface area contributed by atoms with E-state index in [9.17, 15) is 4.79 Å². The van der Waals surface area contributed by atoms with Crippen LogP contribution in [0.25, 0.3) is 10.9 Å². The molecule has 0 aliphatic carbocycles. The predicted molar refractivity (Wildman–Crippen MR) is 130 cm³/mol. The van der Waals surface area contributed by atoms with Crippen LogP contribution in [0.2, 0.25) is 0 Å². The molecule has 2 aromatic rings. The molecule has 1 aromatic heterocycles. The van der Waals surface area contributed by atoms with Gasteiger partial charge < -0.3 is 10.1 Å². The third-order valence-corrected chi connectivity index (χ3v) is 5.09. The number of pyridine rings is 1. The molecule has 0 atom stereocenters. The van der Waals surface area contributed by atoms with E-state index >= 15 is 0 Å². The van der Waals surface area contributed by atoms with Crippen LogP contribution in [0.3, 0.4) is 0 Å². The van der Waals surface area contributed by atoms with Gasteiger partial charge in [0.25, 0.3) is 0 Å². The number of aromatic nitrogens is 1. The molecule has 1 amide bonds. The molecule has 4 heteroatoms. The fourth-order valence-corrected chi connectivity index (χ4v) is 3.34. The van der Waals surface area contributed by atoms with Crippen molar-refractivity contribution in [2.45, 2.75) is 66.2 Å². The summed E-state index contributed by atoms with van der Waals surface area (Å²) in [5.74, 6) is 1.19. The Hall–Kier alpha value is -2.62. The molecule has 1 aromatic carbocycles. The van der Waals surface area contributed by atoms with E-state index in [1.54, 1.807) is 6.08 Å². The maximum absolute atomic E-state index is 11.7. The Bertz CT molecular complexity index is 884. The molecule has 0 fully saturated rings. The highest BCUT2D eigenvalue weighted by Crippen LogP contribution is 2.21. The number of hydrogen-bond donors (Lipinski definition) is 1. The minimum Gasteiger partial charge on any atom is -0.478 e. The molecule has 1 heterocycles. The van der Waals surface area contributed by atoms with Crippen LogP contribution in [-0.4, -0.2) is 24.0 Å². The first-order valence-electron chi connectivity index (χ1n) is 11.6. The summed E-state index contributed by atoms with van der Waals surface area (Å²) < 4.78 is 5.87. The number of ether oxygens (including phenoxy) is 1. The van der Waals surface area contributed by atoms with E-state index in [0.29, 0.717) is 12.5 Å². The van der Waals surface area contributed by atoms with E-state index in [0.717, 1.165) is 36.4 Å². The molecule has 1 N–H and O–H groups in total. The van der Waals surface area contributed by atoms with Crippen molar-refractivity contribution in [2.75, 3.05) is 13.2 Å². The molecular weight excluding hydrogens is 384 g/mol. The van der Waals surface area contributed by atoms with Gasteiger partial charge in [0.2, 0.25) is 11.8 Å². The number of carbonyl (C=O) groups is 1. The standard InChI is InChI=1S/C27H38N2O2/c1-21(2)20-28-26(30)18-22(3)14-10-8-6-5-7-9-13-17-31-27-19-23(4)24-15-11-12-16-25(24)29-27/h10-12,14-16,18-19,21H,5-9,13,17,20H2,1-4H3,(H,28,30). The SMILES string of the molecule is CC(C=CCCCCCCCOc1cc(C)c2ccccc2n1)=CC(=O)NCC(C)C. The monoisotopic (exact) mass is 422 g/mol. The van der Waals surface area contributed by atoms with Gasteiger partial charge in [0.1, 0.15) is 0 Å². The second kappa shape index (κ2) is 13.6. The minimum atomic E-state index is -0.00730. The maximum atomic E-state index is 11.7. The van der Waals surface area contributed by atoms with E-state index in [1.165, 1.54) is 36.6 Å². The summed E-state index contributed by atoms with van der Waals surface area (Å²) >= 11 is 0. The highest BCUT2D eigenvalue weighted by Gasteiger charge is 2.03. The first kappa shape index (κ1) is 24.6. The first-order chi connectivity index (χ1) is 15.0. The first-order valence-corrected chi connectivity index (χ1v) is 11.6. The Kier molecular flexibility index (Phi) is 10.8. The smallest absolute Gasteiger partial charge is 0.244 e. The average molecular weight is 423 g/mol. The molecule has 0 unspecified atom stereocenters. The lowest BCUT2D eigenvalue weighted by Gasteiger charge is -2.08. The van der Waals surface area contributed by atoms with Gasteiger partial charge in [-0.25, -0.2) is 4.98 Å². The summed E-state index contributed by atoms with van der Waals surface area (Å²) in [6.45, 7) is 9.68. The molecule has 0 aliphatic rings. The molecule has 0 saturated heterocycles. The summed E-state index contributed by atoms with van der Waals surface area (Å²) in [6.07, 6.45) is 12.8. The van der Waals surface area contributed by atoms with E-state index in [1.807, 2.05) is 37.3 Å². The van der Waals surface area contributed by atoms with Gasteiger partial charge >= 0.3 is 0 Å². The van der Waals surface area contributed by atoms with Crippen LogP contribution >= 0.6 is 0 Å². The number of fused-ring (bicyclic) bond motifs is 1. The Labute approximate surface area is 187 Å². The number of hydrogen-bond acceptors (Lipinski definition) is 3. The van der Waals surface area contributed by atoms with Gasteiger partial charge in [-0.05, 0) is 56.2 Å². The molecule has 31 heavy (non-hydrogen) atoms. The Morgan fingerprint density at radius 1 is 1.13 bits per heavy atom. The van der Waals surface area contributed by atoms with Crippen LogP contribution in [0.4, 0.5) is 0 Å². The summed E-state index contributed by atoms with van der Waals surface area (Å²) in [6, 6.07) is 10.2. The van der Waals surface area contributed by atoms with Crippen molar-refractivity contribution >= 4 is 16.8 Å². The highest BCUT2D eigenvalue weighted by molar-refractivity contribution is 5.88. The van der Waals surface area contributed by atoms with Crippen molar-refractivity contribution in [3.05, 3.63) is 59.7 Å². The van der Waals surface area contributed by atoms with Crippen molar-refractivity contribution in [1.82, 2.24) is 10.3 Å². The summed E-state index contributed by atoms with van der Waals surface area (Å²) in [7, 11) is 0. The van der Waals surface area contributed by atoms with Crippen LogP contribution in [0.5, 0.6) is 5.88 Å². The largest absolute Gasteiger partial charge is 0.478 e. The van der Waals surface area contributed by atoms with E-state index in [-0.39, 0.29) is 5.91 Å². The van der Waals surface area contributed by atoms with Gasteiger partial charge in [0.05, 0.1) is 12.1 Å². The molecule has 0 radical (unpaired) electrons. The predicted octanol–water partition coefficient (Wildman–Crippen LogP) is 6.54. The zero-order chi connectivity index (χ0) is 22.5. The van der Waals surface area contributed by atoms with Crippen molar-refractivity contribution in [2.24, 2.45) is 5.92 Å². The average Bonchev–Trinajstić information content (AvgIpc) is 2.73. The lowest BCUT2D eigenvalue weighted by Crippen LogP contribution is -2.25. The number of para-hydroxylation sites is 1. The normalized spacial score (nSPS) is 12.1. The van der Waals surface area contributed by atoms with Gasteiger partial charge in [-0.15, -0.1) is 0 Å². The number of nitrogens with one attached hydrogen (secondary N) is 1. The van der Waals surface area contributed by atoms with E-state index < -0.39 is 0 Å². The third-order valence-electron chi connectivity index (χ3n) is 5.09. The number of benzene rings is 1. The second-order valence-electron chi connectivity index (χ2n) is 8.63. The zero-order valence-corrected chi connectivity index (χ0v) is 19.6. The summed E-state index contributed by atoms with van der Waals surface area (Å²) in [5.41, 5.74) is 3.19. The molecular formula is C27H38N2O2. The number of aryl methyl sites for hydroxylation is 1. The van der Waals surface area contributed by atoms with Crippen LogP contribution in [-0.2, 0) is 4.79 Å². The Balaban J connectivity index is 1.54. The van der Waals surface area contributed by atoms with Gasteiger partial charge in [-0.2, -0.15) is 0 Å². The summed E-state index contributed by atoms with van der Waals surface area (Å²) in [5, 5.41) is 4.09. The van der Waals surface area contributed by atoms with Crippen LogP contribution in [0, 0.1) is 12.8 Å². The van der Waals surface area contributed by atoms with Crippen LogP contribution in [0.15, 0.2) is 54.1 Å². The Morgan fingerprint density at radius 2 is 1.87 bits per heavy atom. The van der Waals surface area contributed by atoms with Gasteiger partial charge in [-0.3, -0.25) is 4.79 Å². The zero-order valence-electron chi connectivity index (χ0n) is 19.6. The molecule has 4 nitrogen and oxygen atoms in total. The number of nitrogens with zero attached hydrogens (tertiary/aromatic N) is 1. The topological polar surface area (TPSA) is 51.2 Å². The van der Waals surface area contributed by atoms with E-state index in [4.69, 9.17) is 4.74 Å². The molecule has 0 spiro atoms. The lowest BCUT2D eigenvalue weighted by molar-refractivity contribution is -0.116. The summed E-state index contributed by atoms with van der Waals surface area (Å²) in [4.78, 5) is 16.3. The molecule has 2 rings (SSSR count). The van der Waals surface area contributed by atoms with Crippen molar-refractivity contribution in [1.29, 1.82) is 0 Å². The lowest BCUT2D eigenvalue weighted by atomic mass is 10.1. The van der Waals surface area contributed by atoms with Crippen molar-refractivity contribution < 1.29 is 9.53 Å². The fraction of sp³-hybridized carbons (Fsp3) is 0.481. The number of amides is 1. The third kappa shape index (κ3) is 9.82. The second-order valence-corrected chi connectivity index (χ2v) is 8.63. The molecule has 0 aliphatic heterocycles. The van der Waals surface area contributed by atoms with Crippen molar-refractivity contribution in [3.63, 3.8) is 0 Å². The fourth-order valence-electron chi connectivity index (χ4n) is 3.34. The number of rotatable bonds is 13. The molecule has 168 valence electrons. The number of carbonyl (C=O) groups excluding carboxylic acids is 1. The van der Waals surface area contributed by atoms with E-state index in [2.05, 4.69) is 43.2 Å².